The van der Waals surface area contributed by atoms with Crippen molar-refractivity contribution in [2.45, 2.75) is 6.18 Å². The maximum atomic E-state index is 12.7. The molecule has 0 atom stereocenters. The summed E-state index contributed by atoms with van der Waals surface area (Å²) in [6, 6.07) is 14.1. The van der Waals surface area contributed by atoms with Gasteiger partial charge >= 0.3 is 6.18 Å². The predicted octanol–water partition coefficient (Wildman–Crippen LogP) is 6.21. The van der Waals surface area contributed by atoms with Crippen LogP contribution in [0.2, 0.25) is 5.02 Å². The average molecular weight is 470 g/mol. The van der Waals surface area contributed by atoms with Crippen LogP contribution < -0.4 is 10.6 Å². The lowest BCUT2D eigenvalue weighted by atomic mass is 10.1. The van der Waals surface area contributed by atoms with Gasteiger partial charge in [-0.15, -0.1) is 0 Å². The molecule has 0 radical (unpaired) electrons. The van der Waals surface area contributed by atoms with Crippen LogP contribution in [0.15, 0.2) is 79.4 Å². The number of pyridine rings is 1. The largest absolute Gasteiger partial charge is 0.416 e. The summed E-state index contributed by atoms with van der Waals surface area (Å²) in [7, 11) is 0. The summed E-state index contributed by atoms with van der Waals surface area (Å²) in [5, 5.41) is 6.04. The number of aromatic nitrogens is 3. The molecule has 4 aromatic rings. The molecule has 2 aromatic heterocycles. The summed E-state index contributed by atoms with van der Waals surface area (Å²) in [6.07, 6.45) is 0.182. The standard InChI is InChI=1S/C23H15ClF3N5O/c24-18-8-3-14(22(33)31-16-6-4-15(5-7-16)23(25,26)27)12-20(18)32-21-17(2-1-10-29-21)19-9-11-28-13-30-19/h1-13H,(H,29,32)(H,31,33). The molecule has 6 nitrogen and oxygen atoms in total. The molecule has 1 amide bonds. The quantitative estimate of drug-likeness (QED) is 0.363. The van der Waals surface area contributed by atoms with E-state index in [1.165, 1.54) is 30.6 Å². The SMILES string of the molecule is O=C(Nc1ccc(C(F)(F)F)cc1)c1ccc(Cl)c(Nc2ncccc2-c2ccncn2)c1. The summed E-state index contributed by atoms with van der Waals surface area (Å²) in [4.78, 5) is 25.1. The van der Waals surface area contributed by atoms with Gasteiger partial charge in [-0.1, -0.05) is 11.6 Å². The first-order valence-electron chi connectivity index (χ1n) is 9.58. The fraction of sp³-hybridized carbons (Fsp3) is 0.0435. The van der Waals surface area contributed by atoms with Crippen LogP contribution in [-0.4, -0.2) is 20.9 Å². The number of carbonyl (C=O) groups excluding carboxylic acids is 1. The van der Waals surface area contributed by atoms with Crippen LogP contribution in [0.1, 0.15) is 15.9 Å². The normalized spacial score (nSPS) is 11.2. The van der Waals surface area contributed by atoms with Crippen molar-refractivity contribution in [3.8, 4) is 11.3 Å². The maximum absolute atomic E-state index is 12.7. The van der Waals surface area contributed by atoms with Gasteiger partial charge in [0.05, 0.1) is 22.0 Å². The lowest BCUT2D eigenvalue weighted by molar-refractivity contribution is -0.137. The van der Waals surface area contributed by atoms with E-state index in [1.807, 2.05) is 6.07 Å². The molecule has 0 spiro atoms. The Labute approximate surface area is 191 Å². The highest BCUT2D eigenvalue weighted by Crippen LogP contribution is 2.32. The van der Waals surface area contributed by atoms with Gasteiger partial charge in [0, 0.05) is 29.2 Å². The molecule has 0 unspecified atom stereocenters. The minimum Gasteiger partial charge on any atom is -0.338 e. The molecule has 4 rings (SSSR count). The zero-order valence-corrected chi connectivity index (χ0v) is 17.5. The second-order valence-corrected chi connectivity index (χ2v) is 7.25. The highest BCUT2D eigenvalue weighted by atomic mass is 35.5. The number of carbonyl (C=O) groups is 1. The summed E-state index contributed by atoms with van der Waals surface area (Å²) < 4.78 is 38.2. The summed E-state index contributed by atoms with van der Waals surface area (Å²) >= 11 is 6.32. The third-order valence-electron chi connectivity index (χ3n) is 4.62. The average Bonchev–Trinajstić information content (AvgIpc) is 2.81. The molecule has 0 fully saturated rings. The van der Waals surface area contributed by atoms with E-state index in [-0.39, 0.29) is 11.3 Å². The number of nitrogens with zero attached hydrogens (tertiary/aromatic N) is 3. The van der Waals surface area contributed by atoms with Crippen molar-refractivity contribution >= 4 is 34.7 Å². The van der Waals surface area contributed by atoms with Gasteiger partial charge in [-0.25, -0.2) is 15.0 Å². The lowest BCUT2D eigenvalue weighted by Crippen LogP contribution is -2.13. The number of benzene rings is 2. The minimum atomic E-state index is -4.45. The summed E-state index contributed by atoms with van der Waals surface area (Å²) in [5.74, 6) is -0.0371. The third kappa shape index (κ3) is 5.27. The van der Waals surface area contributed by atoms with E-state index in [2.05, 4.69) is 25.6 Å². The third-order valence-corrected chi connectivity index (χ3v) is 4.95. The molecule has 166 valence electrons. The van der Waals surface area contributed by atoms with Crippen molar-refractivity contribution < 1.29 is 18.0 Å². The Kier molecular flexibility index (Phi) is 6.23. The van der Waals surface area contributed by atoms with Crippen molar-refractivity contribution in [1.82, 2.24) is 15.0 Å². The van der Waals surface area contributed by atoms with Gasteiger partial charge in [-0.2, -0.15) is 13.2 Å². The smallest absolute Gasteiger partial charge is 0.338 e. The molecule has 33 heavy (non-hydrogen) atoms. The van der Waals surface area contributed by atoms with Crippen molar-refractivity contribution in [3.05, 3.63) is 95.5 Å². The molecule has 0 saturated heterocycles. The van der Waals surface area contributed by atoms with Gasteiger partial charge < -0.3 is 10.6 Å². The molecule has 2 N–H and O–H groups in total. The van der Waals surface area contributed by atoms with Crippen LogP contribution >= 0.6 is 11.6 Å². The van der Waals surface area contributed by atoms with Crippen molar-refractivity contribution in [1.29, 1.82) is 0 Å². The molecule has 10 heteroatoms. The van der Waals surface area contributed by atoms with Gasteiger partial charge in [-0.05, 0) is 60.7 Å². The molecule has 0 aliphatic carbocycles. The number of anilines is 3. The van der Waals surface area contributed by atoms with E-state index >= 15 is 0 Å². The van der Waals surface area contributed by atoms with E-state index in [4.69, 9.17) is 11.6 Å². The maximum Gasteiger partial charge on any atom is 0.416 e. The number of amides is 1. The van der Waals surface area contributed by atoms with Crippen molar-refractivity contribution in [2.75, 3.05) is 10.6 Å². The first-order chi connectivity index (χ1) is 15.8. The van der Waals surface area contributed by atoms with Gasteiger partial charge in [0.25, 0.3) is 5.91 Å². The van der Waals surface area contributed by atoms with Crippen molar-refractivity contribution in [3.63, 3.8) is 0 Å². The first-order valence-corrected chi connectivity index (χ1v) is 9.95. The van der Waals surface area contributed by atoms with E-state index in [9.17, 15) is 18.0 Å². The van der Waals surface area contributed by atoms with Crippen LogP contribution in [0, 0.1) is 0 Å². The number of alkyl halides is 3. The highest BCUT2D eigenvalue weighted by Gasteiger charge is 2.30. The number of hydrogen-bond acceptors (Lipinski definition) is 5. The van der Waals surface area contributed by atoms with Crippen molar-refractivity contribution in [2.24, 2.45) is 0 Å². The van der Waals surface area contributed by atoms with E-state index < -0.39 is 17.6 Å². The molecule has 0 saturated carbocycles. The second kappa shape index (κ2) is 9.25. The van der Waals surface area contributed by atoms with E-state index in [0.717, 1.165) is 12.1 Å². The number of nitrogens with one attached hydrogen (secondary N) is 2. The van der Waals surface area contributed by atoms with Gasteiger partial charge in [0.15, 0.2) is 0 Å². The Morgan fingerprint density at radius 1 is 0.939 bits per heavy atom. The van der Waals surface area contributed by atoms with E-state index in [1.54, 1.807) is 30.6 Å². The van der Waals surface area contributed by atoms with Crippen LogP contribution in [-0.2, 0) is 6.18 Å². The highest BCUT2D eigenvalue weighted by molar-refractivity contribution is 6.33. The summed E-state index contributed by atoms with van der Waals surface area (Å²) in [6.45, 7) is 0. The Morgan fingerprint density at radius 2 is 1.73 bits per heavy atom. The first kappa shape index (κ1) is 22.2. The Bertz CT molecular complexity index is 1280. The van der Waals surface area contributed by atoms with Crippen LogP contribution in [0.25, 0.3) is 11.3 Å². The zero-order valence-electron chi connectivity index (χ0n) is 16.8. The topological polar surface area (TPSA) is 79.8 Å². The Morgan fingerprint density at radius 3 is 2.42 bits per heavy atom. The second-order valence-electron chi connectivity index (χ2n) is 6.84. The molecule has 2 heterocycles. The van der Waals surface area contributed by atoms with E-state index in [0.29, 0.717) is 27.8 Å². The van der Waals surface area contributed by atoms with Crippen LogP contribution in [0.4, 0.5) is 30.4 Å². The molecule has 2 aromatic carbocycles. The zero-order chi connectivity index (χ0) is 23.4. The monoisotopic (exact) mass is 469 g/mol. The predicted molar refractivity (Wildman–Crippen MR) is 119 cm³/mol. The molecule has 0 bridgehead atoms. The summed E-state index contributed by atoms with van der Waals surface area (Å²) in [5.41, 5.74) is 1.46. The fourth-order valence-corrected chi connectivity index (χ4v) is 3.16. The fourth-order valence-electron chi connectivity index (χ4n) is 3.00. The molecular weight excluding hydrogens is 455 g/mol. The Balaban J connectivity index is 1.56. The number of rotatable bonds is 5. The van der Waals surface area contributed by atoms with Gasteiger partial charge in [0.1, 0.15) is 12.1 Å². The molecular formula is C23H15ClF3N5O. The van der Waals surface area contributed by atoms with Gasteiger partial charge in [-0.3, -0.25) is 4.79 Å². The van der Waals surface area contributed by atoms with Crippen LogP contribution in [0.3, 0.4) is 0 Å². The minimum absolute atomic E-state index is 0.230. The molecule has 0 aliphatic heterocycles. The Hall–Kier alpha value is -3.98. The number of halogens is 4. The number of hydrogen-bond donors (Lipinski definition) is 2. The van der Waals surface area contributed by atoms with Crippen LogP contribution in [0.5, 0.6) is 0 Å². The lowest BCUT2D eigenvalue weighted by Gasteiger charge is -2.13. The van der Waals surface area contributed by atoms with Gasteiger partial charge in [0.2, 0.25) is 0 Å². The molecule has 0 aliphatic rings.